The molecule has 2 heterocycles. The summed E-state index contributed by atoms with van der Waals surface area (Å²) in [7, 11) is 0. The molecule has 1 amide bonds. The van der Waals surface area contributed by atoms with E-state index in [4.69, 9.17) is 4.52 Å². The van der Waals surface area contributed by atoms with E-state index in [0.29, 0.717) is 42.4 Å². The minimum atomic E-state index is -0.632. The second-order valence-corrected chi connectivity index (χ2v) is 5.45. The number of carbonyl (C=O) groups excluding carboxylic acids is 1. The Hall–Kier alpha value is -1.36. The van der Waals surface area contributed by atoms with Crippen LogP contribution in [0.4, 0.5) is 0 Å². The van der Waals surface area contributed by atoms with Gasteiger partial charge in [0.1, 0.15) is 16.9 Å². The molecule has 0 unspecified atom stereocenters. The Morgan fingerprint density at radius 1 is 1.56 bits per heavy atom. The molecule has 1 saturated carbocycles. The van der Waals surface area contributed by atoms with Crippen LogP contribution < -0.4 is 0 Å². The Kier molecular flexibility index (Phi) is 2.48. The molecule has 1 aliphatic carbocycles. The van der Waals surface area contributed by atoms with E-state index in [1.54, 1.807) is 11.8 Å². The van der Waals surface area contributed by atoms with E-state index in [-0.39, 0.29) is 5.91 Å². The summed E-state index contributed by atoms with van der Waals surface area (Å²) in [5, 5.41) is 14.1. The summed E-state index contributed by atoms with van der Waals surface area (Å²) in [4.78, 5) is 14.0. The zero-order valence-corrected chi connectivity index (χ0v) is 10.8. The van der Waals surface area contributed by atoms with Crippen LogP contribution in [0, 0.1) is 12.8 Å². The Labute approximate surface area is 106 Å². The van der Waals surface area contributed by atoms with Gasteiger partial charge in [-0.1, -0.05) is 12.1 Å². The van der Waals surface area contributed by atoms with E-state index >= 15 is 0 Å². The number of likely N-dealkylation sites (tertiary alicyclic amines) is 1. The second kappa shape index (κ2) is 3.82. The van der Waals surface area contributed by atoms with Gasteiger partial charge in [-0.3, -0.25) is 4.79 Å². The van der Waals surface area contributed by atoms with E-state index in [2.05, 4.69) is 5.16 Å². The molecule has 0 atom stereocenters. The van der Waals surface area contributed by atoms with Crippen LogP contribution >= 0.6 is 0 Å². The number of β-amino-alcohol motifs (C(OH)–C–C–N with tert-alkyl or cyclic N) is 1. The molecule has 18 heavy (non-hydrogen) atoms. The SMILES string of the molecule is CCc1noc(C)c1C(=O)N1CC(O)(C2CC2)C1. The van der Waals surface area contributed by atoms with Crippen molar-refractivity contribution in [3.05, 3.63) is 17.0 Å². The first-order valence-electron chi connectivity index (χ1n) is 6.52. The molecule has 0 radical (unpaired) electrons. The number of rotatable bonds is 3. The summed E-state index contributed by atoms with van der Waals surface area (Å²) in [6.45, 7) is 4.60. The molecular weight excluding hydrogens is 232 g/mol. The molecule has 5 heteroatoms. The van der Waals surface area contributed by atoms with Gasteiger partial charge in [0.05, 0.1) is 18.8 Å². The number of aryl methyl sites for hydroxylation is 2. The Morgan fingerprint density at radius 2 is 2.22 bits per heavy atom. The molecule has 0 spiro atoms. The number of aromatic nitrogens is 1. The molecule has 1 aromatic heterocycles. The van der Waals surface area contributed by atoms with Gasteiger partial charge in [-0.05, 0) is 32.1 Å². The highest BCUT2D eigenvalue weighted by molar-refractivity contribution is 5.96. The van der Waals surface area contributed by atoms with Gasteiger partial charge in [-0.25, -0.2) is 0 Å². The summed E-state index contributed by atoms with van der Waals surface area (Å²) in [6.07, 6.45) is 2.86. The van der Waals surface area contributed by atoms with Crippen molar-refractivity contribution >= 4 is 5.91 Å². The van der Waals surface area contributed by atoms with Crippen LogP contribution in [0.2, 0.25) is 0 Å². The third-order valence-corrected chi connectivity index (χ3v) is 4.04. The van der Waals surface area contributed by atoms with Crippen molar-refractivity contribution in [1.82, 2.24) is 10.1 Å². The summed E-state index contributed by atoms with van der Waals surface area (Å²) in [5.41, 5.74) is 0.655. The van der Waals surface area contributed by atoms with Crippen LogP contribution in [0.1, 0.15) is 41.6 Å². The lowest BCUT2D eigenvalue weighted by Gasteiger charge is -2.46. The third kappa shape index (κ3) is 1.65. The molecule has 1 aromatic rings. The van der Waals surface area contributed by atoms with Gasteiger partial charge < -0.3 is 14.5 Å². The topological polar surface area (TPSA) is 66.6 Å². The quantitative estimate of drug-likeness (QED) is 0.873. The van der Waals surface area contributed by atoms with Crippen LogP contribution in [0.15, 0.2) is 4.52 Å². The normalized spacial score (nSPS) is 21.8. The van der Waals surface area contributed by atoms with Gasteiger partial charge >= 0.3 is 0 Å². The number of hydrogen-bond acceptors (Lipinski definition) is 4. The Bertz CT molecular complexity index is 484. The molecular formula is C13H18N2O3. The van der Waals surface area contributed by atoms with Crippen LogP contribution in [-0.2, 0) is 6.42 Å². The highest BCUT2D eigenvalue weighted by Crippen LogP contribution is 2.44. The fourth-order valence-electron chi connectivity index (χ4n) is 2.73. The van der Waals surface area contributed by atoms with Crippen molar-refractivity contribution in [2.24, 2.45) is 5.92 Å². The minimum Gasteiger partial charge on any atom is -0.386 e. The second-order valence-electron chi connectivity index (χ2n) is 5.45. The lowest BCUT2D eigenvalue weighted by molar-refractivity contribution is -0.0958. The van der Waals surface area contributed by atoms with E-state index in [1.807, 2.05) is 6.92 Å². The van der Waals surface area contributed by atoms with Crippen molar-refractivity contribution in [3.8, 4) is 0 Å². The molecule has 5 nitrogen and oxygen atoms in total. The van der Waals surface area contributed by atoms with E-state index in [0.717, 1.165) is 12.8 Å². The van der Waals surface area contributed by atoms with Crippen molar-refractivity contribution in [1.29, 1.82) is 0 Å². The van der Waals surface area contributed by atoms with Crippen LogP contribution in [-0.4, -0.2) is 39.8 Å². The largest absolute Gasteiger partial charge is 0.386 e. The number of hydrogen-bond donors (Lipinski definition) is 1. The molecule has 1 saturated heterocycles. The fraction of sp³-hybridized carbons (Fsp3) is 0.692. The summed E-state index contributed by atoms with van der Waals surface area (Å²) < 4.78 is 5.08. The molecule has 2 aliphatic rings. The average molecular weight is 250 g/mol. The summed E-state index contributed by atoms with van der Waals surface area (Å²) >= 11 is 0. The third-order valence-electron chi connectivity index (χ3n) is 4.04. The van der Waals surface area contributed by atoms with Crippen molar-refractivity contribution < 1.29 is 14.4 Å². The molecule has 98 valence electrons. The van der Waals surface area contributed by atoms with Gasteiger partial charge in [0.25, 0.3) is 5.91 Å². The summed E-state index contributed by atoms with van der Waals surface area (Å²) in [5.74, 6) is 0.908. The molecule has 0 aromatic carbocycles. The van der Waals surface area contributed by atoms with Gasteiger partial charge in [-0.15, -0.1) is 0 Å². The van der Waals surface area contributed by atoms with Crippen molar-refractivity contribution in [2.75, 3.05) is 13.1 Å². The van der Waals surface area contributed by atoms with Crippen molar-refractivity contribution in [2.45, 2.75) is 38.7 Å². The predicted octanol–water partition coefficient (Wildman–Crippen LogP) is 1.14. The average Bonchev–Trinajstić information content (AvgIpc) is 3.08. The van der Waals surface area contributed by atoms with Crippen molar-refractivity contribution in [3.63, 3.8) is 0 Å². The summed E-state index contributed by atoms with van der Waals surface area (Å²) in [6, 6.07) is 0. The highest BCUT2D eigenvalue weighted by Gasteiger charge is 2.53. The van der Waals surface area contributed by atoms with Gasteiger partial charge in [0.15, 0.2) is 0 Å². The monoisotopic (exact) mass is 250 g/mol. The van der Waals surface area contributed by atoms with E-state index in [1.165, 1.54) is 0 Å². The van der Waals surface area contributed by atoms with Gasteiger partial charge in [0.2, 0.25) is 0 Å². The molecule has 0 bridgehead atoms. The minimum absolute atomic E-state index is 0.0593. The Balaban J connectivity index is 1.74. The van der Waals surface area contributed by atoms with Gasteiger partial charge in [0, 0.05) is 0 Å². The Morgan fingerprint density at radius 3 is 2.78 bits per heavy atom. The molecule has 2 fully saturated rings. The zero-order chi connectivity index (χ0) is 12.9. The smallest absolute Gasteiger partial charge is 0.259 e. The van der Waals surface area contributed by atoms with Crippen LogP contribution in [0.5, 0.6) is 0 Å². The molecule has 3 rings (SSSR count). The lowest BCUT2D eigenvalue weighted by atomic mass is 9.88. The maximum atomic E-state index is 12.3. The zero-order valence-electron chi connectivity index (χ0n) is 10.8. The van der Waals surface area contributed by atoms with E-state index < -0.39 is 5.60 Å². The van der Waals surface area contributed by atoms with Crippen LogP contribution in [0.3, 0.4) is 0 Å². The predicted molar refractivity (Wildman–Crippen MR) is 64.2 cm³/mol. The van der Waals surface area contributed by atoms with Gasteiger partial charge in [-0.2, -0.15) is 0 Å². The number of nitrogens with zero attached hydrogens (tertiary/aromatic N) is 2. The first-order chi connectivity index (χ1) is 8.55. The molecule has 1 N–H and O–H groups in total. The molecule has 1 aliphatic heterocycles. The van der Waals surface area contributed by atoms with Crippen LogP contribution in [0.25, 0.3) is 0 Å². The first-order valence-corrected chi connectivity index (χ1v) is 6.52. The first kappa shape index (κ1) is 11.7. The lowest BCUT2D eigenvalue weighted by Crippen LogP contribution is -2.64. The maximum absolute atomic E-state index is 12.3. The number of aliphatic hydroxyl groups is 1. The number of carbonyl (C=O) groups is 1. The maximum Gasteiger partial charge on any atom is 0.259 e. The number of amides is 1. The standard InChI is InChI=1S/C13H18N2O3/c1-3-10-11(8(2)18-14-10)12(16)15-6-13(17,7-15)9-4-5-9/h9,17H,3-7H2,1-2H3. The highest BCUT2D eigenvalue weighted by atomic mass is 16.5. The fourth-order valence-corrected chi connectivity index (χ4v) is 2.73. The van der Waals surface area contributed by atoms with E-state index in [9.17, 15) is 9.90 Å².